The Kier molecular flexibility index (Phi) is 8.99. The van der Waals surface area contributed by atoms with Crippen LogP contribution in [0.1, 0.15) is 5.56 Å². The molecule has 24 heavy (non-hydrogen) atoms. The molecule has 6 heteroatoms. The highest BCUT2D eigenvalue weighted by molar-refractivity contribution is 14.0. The Morgan fingerprint density at radius 1 is 1.00 bits per heavy atom. The molecule has 2 rings (SSSR count). The second kappa shape index (κ2) is 10.7. The van der Waals surface area contributed by atoms with Crippen LogP contribution < -0.4 is 20.1 Å². The van der Waals surface area contributed by atoms with E-state index in [2.05, 4.69) is 27.8 Å². The van der Waals surface area contributed by atoms with Gasteiger partial charge in [-0.15, -0.1) is 24.0 Å². The summed E-state index contributed by atoms with van der Waals surface area (Å²) in [4.78, 5) is 4.23. The lowest BCUT2D eigenvalue weighted by Gasteiger charge is -2.14. The third-order valence-corrected chi connectivity index (χ3v) is 3.42. The molecule has 0 saturated heterocycles. The van der Waals surface area contributed by atoms with E-state index in [0.717, 1.165) is 18.7 Å². The first-order chi connectivity index (χ1) is 11.3. The molecular formula is C18H24IN3O2. The van der Waals surface area contributed by atoms with Crippen molar-refractivity contribution in [3.8, 4) is 11.5 Å². The minimum Gasteiger partial charge on any atom is -0.493 e. The van der Waals surface area contributed by atoms with Crippen LogP contribution in [0.3, 0.4) is 0 Å². The smallest absolute Gasteiger partial charge is 0.195 e. The van der Waals surface area contributed by atoms with E-state index < -0.39 is 0 Å². The Hall–Kier alpha value is -1.96. The Morgan fingerprint density at radius 3 is 2.33 bits per heavy atom. The van der Waals surface area contributed by atoms with E-state index in [1.165, 1.54) is 5.56 Å². The first-order valence-electron chi connectivity index (χ1n) is 7.50. The average Bonchev–Trinajstić information content (AvgIpc) is 2.61. The van der Waals surface area contributed by atoms with Gasteiger partial charge in [0.15, 0.2) is 17.5 Å². The van der Waals surface area contributed by atoms with E-state index in [1.54, 1.807) is 21.3 Å². The van der Waals surface area contributed by atoms with Crippen LogP contribution in [0.5, 0.6) is 11.5 Å². The SMILES string of the molecule is CN=C(NCCc1ccccc1)Nc1ccc(OC)c(OC)c1.I. The number of nitrogens with zero attached hydrogens (tertiary/aromatic N) is 1. The van der Waals surface area contributed by atoms with Crippen molar-refractivity contribution in [2.75, 3.05) is 33.1 Å². The quantitative estimate of drug-likeness (QED) is 0.409. The molecule has 5 nitrogen and oxygen atoms in total. The standard InChI is InChI=1S/C18H23N3O2.HI/c1-19-18(20-12-11-14-7-5-4-6-8-14)21-15-9-10-16(22-2)17(13-15)23-3;/h4-10,13H,11-12H2,1-3H3,(H2,19,20,21);1H. The summed E-state index contributed by atoms with van der Waals surface area (Å²) in [5.74, 6) is 2.09. The van der Waals surface area contributed by atoms with Gasteiger partial charge >= 0.3 is 0 Å². The fourth-order valence-electron chi connectivity index (χ4n) is 2.20. The van der Waals surface area contributed by atoms with Crippen LogP contribution in [0, 0.1) is 0 Å². The second-order valence-electron chi connectivity index (χ2n) is 4.93. The summed E-state index contributed by atoms with van der Waals surface area (Å²) < 4.78 is 10.5. The summed E-state index contributed by atoms with van der Waals surface area (Å²) in [6.07, 6.45) is 0.938. The Balaban J connectivity index is 0.00000288. The molecule has 0 aromatic heterocycles. The fraction of sp³-hybridized carbons (Fsp3) is 0.278. The Bertz CT molecular complexity index is 648. The molecule has 0 radical (unpaired) electrons. The summed E-state index contributed by atoms with van der Waals surface area (Å²) in [7, 11) is 4.99. The molecule has 0 heterocycles. The number of hydrogen-bond acceptors (Lipinski definition) is 3. The highest BCUT2D eigenvalue weighted by Crippen LogP contribution is 2.29. The fourth-order valence-corrected chi connectivity index (χ4v) is 2.20. The maximum atomic E-state index is 5.31. The average molecular weight is 441 g/mol. The molecular weight excluding hydrogens is 417 g/mol. The van der Waals surface area contributed by atoms with E-state index in [9.17, 15) is 0 Å². The van der Waals surface area contributed by atoms with Crippen LogP contribution in [0.2, 0.25) is 0 Å². The molecule has 2 aromatic carbocycles. The van der Waals surface area contributed by atoms with Gasteiger partial charge in [0.05, 0.1) is 14.2 Å². The third-order valence-electron chi connectivity index (χ3n) is 3.42. The molecule has 0 unspecified atom stereocenters. The molecule has 0 saturated carbocycles. The monoisotopic (exact) mass is 441 g/mol. The molecule has 0 bridgehead atoms. The molecule has 2 N–H and O–H groups in total. The zero-order chi connectivity index (χ0) is 16.5. The lowest BCUT2D eigenvalue weighted by Crippen LogP contribution is -2.32. The number of ether oxygens (including phenoxy) is 2. The van der Waals surface area contributed by atoms with E-state index in [0.29, 0.717) is 17.5 Å². The Morgan fingerprint density at radius 2 is 1.71 bits per heavy atom. The molecule has 2 aromatic rings. The summed E-state index contributed by atoms with van der Waals surface area (Å²) in [6, 6.07) is 16.0. The van der Waals surface area contributed by atoms with Crippen molar-refractivity contribution in [1.29, 1.82) is 0 Å². The van der Waals surface area contributed by atoms with Crippen molar-refractivity contribution in [2.24, 2.45) is 4.99 Å². The number of anilines is 1. The maximum absolute atomic E-state index is 5.31. The number of halogens is 1. The molecule has 0 atom stereocenters. The highest BCUT2D eigenvalue weighted by atomic mass is 127. The summed E-state index contributed by atoms with van der Waals surface area (Å²) in [5, 5.41) is 6.54. The number of methoxy groups -OCH3 is 2. The van der Waals surface area contributed by atoms with Gasteiger partial charge in [-0.05, 0) is 24.1 Å². The molecule has 0 aliphatic rings. The lowest BCUT2D eigenvalue weighted by molar-refractivity contribution is 0.355. The van der Waals surface area contributed by atoms with E-state index in [-0.39, 0.29) is 24.0 Å². The van der Waals surface area contributed by atoms with Crippen LogP contribution in [0.15, 0.2) is 53.5 Å². The van der Waals surface area contributed by atoms with Crippen LogP contribution in [0.25, 0.3) is 0 Å². The van der Waals surface area contributed by atoms with Crippen LogP contribution in [-0.4, -0.2) is 33.8 Å². The van der Waals surface area contributed by atoms with Crippen molar-refractivity contribution >= 4 is 35.6 Å². The molecule has 0 amide bonds. The maximum Gasteiger partial charge on any atom is 0.195 e. The van der Waals surface area contributed by atoms with Gasteiger partial charge in [0.25, 0.3) is 0 Å². The van der Waals surface area contributed by atoms with Crippen molar-refractivity contribution in [2.45, 2.75) is 6.42 Å². The minimum atomic E-state index is 0. The Labute approximate surface area is 160 Å². The summed E-state index contributed by atoms with van der Waals surface area (Å²) in [5.41, 5.74) is 2.18. The number of nitrogens with one attached hydrogen (secondary N) is 2. The first-order valence-corrected chi connectivity index (χ1v) is 7.50. The lowest BCUT2D eigenvalue weighted by atomic mass is 10.1. The van der Waals surface area contributed by atoms with Gasteiger partial charge in [0.2, 0.25) is 0 Å². The van der Waals surface area contributed by atoms with Gasteiger partial charge in [0.1, 0.15) is 0 Å². The largest absolute Gasteiger partial charge is 0.493 e. The number of hydrogen-bond donors (Lipinski definition) is 2. The number of guanidine groups is 1. The van der Waals surface area contributed by atoms with E-state index in [4.69, 9.17) is 9.47 Å². The number of rotatable bonds is 6. The number of aliphatic imine (C=N–C) groups is 1. The normalized spacial score (nSPS) is 10.5. The van der Waals surface area contributed by atoms with Crippen LogP contribution in [0.4, 0.5) is 5.69 Å². The molecule has 130 valence electrons. The van der Waals surface area contributed by atoms with Crippen molar-refractivity contribution in [3.05, 3.63) is 54.1 Å². The second-order valence-corrected chi connectivity index (χ2v) is 4.93. The van der Waals surface area contributed by atoms with Gasteiger partial charge in [-0.1, -0.05) is 30.3 Å². The van der Waals surface area contributed by atoms with E-state index >= 15 is 0 Å². The number of benzene rings is 2. The highest BCUT2D eigenvalue weighted by Gasteiger charge is 2.06. The van der Waals surface area contributed by atoms with Gasteiger partial charge in [-0.3, -0.25) is 4.99 Å². The van der Waals surface area contributed by atoms with Gasteiger partial charge in [0, 0.05) is 25.3 Å². The van der Waals surface area contributed by atoms with E-state index in [1.807, 2.05) is 36.4 Å². The molecule has 0 aliphatic heterocycles. The summed E-state index contributed by atoms with van der Waals surface area (Å²) in [6.45, 7) is 0.803. The van der Waals surface area contributed by atoms with Crippen molar-refractivity contribution in [3.63, 3.8) is 0 Å². The molecule has 0 fully saturated rings. The van der Waals surface area contributed by atoms with Gasteiger partial charge in [-0.2, -0.15) is 0 Å². The third kappa shape index (κ3) is 5.92. The van der Waals surface area contributed by atoms with Gasteiger partial charge in [-0.25, -0.2) is 0 Å². The van der Waals surface area contributed by atoms with Crippen molar-refractivity contribution in [1.82, 2.24) is 5.32 Å². The van der Waals surface area contributed by atoms with Crippen LogP contribution in [-0.2, 0) is 6.42 Å². The summed E-state index contributed by atoms with van der Waals surface area (Å²) >= 11 is 0. The molecule has 0 spiro atoms. The zero-order valence-electron chi connectivity index (χ0n) is 14.2. The first kappa shape index (κ1) is 20.1. The predicted octanol–water partition coefficient (Wildman–Crippen LogP) is 3.55. The van der Waals surface area contributed by atoms with Crippen LogP contribution >= 0.6 is 24.0 Å². The predicted molar refractivity (Wildman–Crippen MR) is 110 cm³/mol. The minimum absolute atomic E-state index is 0. The van der Waals surface area contributed by atoms with Crippen molar-refractivity contribution < 1.29 is 9.47 Å². The van der Waals surface area contributed by atoms with Gasteiger partial charge < -0.3 is 20.1 Å². The zero-order valence-corrected chi connectivity index (χ0v) is 16.5. The topological polar surface area (TPSA) is 54.9 Å². The molecule has 0 aliphatic carbocycles.